The molecule has 0 saturated carbocycles. The molecule has 1 aromatic heterocycles. The van der Waals surface area contributed by atoms with Gasteiger partial charge in [-0.05, 0) is 60.5 Å². The number of nitrogens with one attached hydrogen (secondary N) is 1. The van der Waals surface area contributed by atoms with Crippen LogP contribution in [0.25, 0.3) is 11.3 Å². The van der Waals surface area contributed by atoms with Crippen molar-refractivity contribution in [2.45, 2.75) is 20.1 Å². The van der Waals surface area contributed by atoms with Crippen LogP contribution in [0, 0.1) is 6.92 Å². The first kappa shape index (κ1) is 28.9. The van der Waals surface area contributed by atoms with Gasteiger partial charge in [0.1, 0.15) is 19.0 Å². The van der Waals surface area contributed by atoms with E-state index in [1.165, 1.54) is 6.21 Å². The summed E-state index contributed by atoms with van der Waals surface area (Å²) >= 11 is 7.82. The second-order valence-corrected chi connectivity index (χ2v) is 10.8. The Morgan fingerprint density at radius 3 is 2.38 bits per heavy atom. The zero-order chi connectivity index (χ0) is 29.3. The topological polar surface area (TPSA) is 82.0 Å². The zero-order valence-corrected chi connectivity index (χ0v) is 24.6. The first-order valence-electron chi connectivity index (χ1n) is 13.1. The van der Waals surface area contributed by atoms with Crippen molar-refractivity contribution >= 4 is 35.1 Å². The van der Waals surface area contributed by atoms with Gasteiger partial charge in [0.2, 0.25) is 0 Å². The maximum Gasteiger partial charge on any atom is 0.271 e. The SMILES string of the molecule is COc1cc(COc2ccc(Cl)cc2/C=N/NC(=O)c2ccc(-c3csc(C)n3)cc2)ccc1OCc1ccccc1. The molecule has 0 fully saturated rings. The molecule has 0 unspecified atom stereocenters. The number of halogens is 1. The third-order valence-electron chi connectivity index (χ3n) is 6.26. The van der Waals surface area contributed by atoms with E-state index < -0.39 is 0 Å². The van der Waals surface area contributed by atoms with Crippen molar-refractivity contribution in [1.29, 1.82) is 0 Å². The van der Waals surface area contributed by atoms with Crippen molar-refractivity contribution in [2.75, 3.05) is 7.11 Å². The molecular formula is C33H28ClN3O4S. The molecule has 5 aromatic rings. The molecule has 9 heteroatoms. The Morgan fingerprint density at radius 2 is 1.64 bits per heavy atom. The molecule has 0 spiro atoms. The lowest BCUT2D eigenvalue weighted by Gasteiger charge is -2.14. The number of amides is 1. The number of aromatic nitrogens is 1. The maximum atomic E-state index is 12.6. The molecule has 5 rings (SSSR count). The number of hydrogen-bond donors (Lipinski definition) is 1. The minimum atomic E-state index is -0.335. The van der Waals surface area contributed by atoms with Crippen LogP contribution < -0.4 is 19.6 Å². The normalized spacial score (nSPS) is 10.9. The van der Waals surface area contributed by atoms with Gasteiger partial charge in [-0.1, -0.05) is 60.1 Å². The van der Waals surface area contributed by atoms with Crippen molar-refractivity contribution in [3.63, 3.8) is 0 Å². The van der Waals surface area contributed by atoms with Gasteiger partial charge in [-0.2, -0.15) is 5.10 Å². The molecule has 7 nitrogen and oxygen atoms in total. The number of ether oxygens (including phenoxy) is 3. The van der Waals surface area contributed by atoms with E-state index in [1.807, 2.05) is 73.0 Å². The van der Waals surface area contributed by atoms with E-state index >= 15 is 0 Å². The van der Waals surface area contributed by atoms with Gasteiger partial charge >= 0.3 is 0 Å². The number of methoxy groups -OCH3 is 1. The Labute approximate surface area is 253 Å². The number of nitrogens with zero attached hydrogens (tertiary/aromatic N) is 2. The van der Waals surface area contributed by atoms with Gasteiger partial charge in [-0.3, -0.25) is 4.79 Å². The van der Waals surface area contributed by atoms with Gasteiger partial charge in [0.15, 0.2) is 11.5 Å². The van der Waals surface area contributed by atoms with Gasteiger partial charge in [0.25, 0.3) is 5.91 Å². The highest BCUT2D eigenvalue weighted by Gasteiger charge is 2.10. The quantitative estimate of drug-likeness (QED) is 0.125. The fraction of sp³-hybridized carbons (Fsp3) is 0.121. The Balaban J connectivity index is 1.20. The summed E-state index contributed by atoms with van der Waals surface area (Å²) in [6.45, 7) is 2.67. The summed E-state index contributed by atoms with van der Waals surface area (Å²) in [5, 5.41) is 7.64. The Bertz CT molecular complexity index is 1690. The smallest absolute Gasteiger partial charge is 0.271 e. The van der Waals surface area contributed by atoms with Gasteiger partial charge in [-0.15, -0.1) is 11.3 Å². The number of carbonyl (C=O) groups is 1. The molecule has 0 aliphatic rings. The number of thiazole rings is 1. The lowest BCUT2D eigenvalue weighted by molar-refractivity contribution is 0.0955. The highest BCUT2D eigenvalue weighted by atomic mass is 35.5. The monoisotopic (exact) mass is 597 g/mol. The number of carbonyl (C=O) groups excluding carboxylic acids is 1. The third kappa shape index (κ3) is 7.54. The van der Waals surface area contributed by atoms with Crippen LogP contribution in [0.3, 0.4) is 0 Å². The fourth-order valence-electron chi connectivity index (χ4n) is 4.08. The molecule has 0 saturated heterocycles. The number of hydrazone groups is 1. The average molecular weight is 598 g/mol. The minimum absolute atomic E-state index is 0.273. The molecule has 0 radical (unpaired) electrons. The highest BCUT2D eigenvalue weighted by Crippen LogP contribution is 2.30. The highest BCUT2D eigenvalue weighted by molar-refractivity contribution is 7.09. The average Bonchev–Trinajstić information content (AvgIpc) is 3.46. The van der Waals surface area contributed by atoms with E-state index in [0.717, 1.165) is 27.4 Å². The number of hydrogen-bond acceptors (Lipinski definition) is 7. The molecule has 1 amide bonds. The van der Waals surface area contributed by atoms with Crippen molar-refractivity contribution in [2.24, 2.45) is 5.10 Å². The number of aryl methyl sites for hydroxylation is 1. The minimum Gasteiger partial charge on any atom is -0.493 e. The van der Waals surface area contributed by atoms with Gasteiger partial charge in [-0.25, -0.2) is 10.4 Å². The van der Waals surface area contributed by atoms with Crippen LogP contribution in [0.4, 0.5) is 0 Å². The summed E-state index contributed by atoms with van der Waals surface area (Å²) < 4.78 is 17.6. The van der Waals surface area contributed by atoms with Crippen molar-refractivity contribution in [3.05, 3.63) is 129 Å². The molecule has 0 bridgehead atoms. The van der Waals surface area contributed by atoms with E-state index in [2.05, 4.69) is 15.5 Å². The molecule has 0 atom stereocenters. The van der Waals surface area contributed by atoms with Crippen LogP contribution in [0.5, 0.6) is 17.2 Å². The van der Waals surface area contributed by atoms with Crippen LogP contribution in [0.15, 0.2) is 101 Å². The predicted octanol–water partition coefficient (Wildman–Crippen LogP) is 7.70. The lowest BCUT2D eigenvalue weighted by Crippen LogP contribution is -2.17. The van der Waals surface area contributed by atoms with Crippen molar-refractivity contribution in [1.82, 2.24) is 10.4 Å². The summed E-state index contributed by atoms with van der Waals surface area (Å²) in [7, 11) is 1.60. The molecule has 0 aliphatic carbocycles. The number of rotatable bonds is 11. The summed E-state index contributed by atoms with van der Waals surface area (Å²) in [5.41, 5.74) is 7.46. The van der Waals surface area contributed by atoms with Gasteiger partial charge in [0.05, 0.1) is 24.0 Å². The van der Waals surface area contributed by atoms with E-state index in [1.54, 1.807) is 48.8 Å². The maximum absolute atomic E-state index is 12.6. The standard InChI is InChI=1S/C33H28ClN3O4S/c1-22-36-29(21-42-22)25-9-11-26(12-10-25)33(38)37-35-18-27-17-28(34)13-15-30(27)40-20-24-8-14-31(32(16-24)39-2)41-19-23-6-4-3-5-7-23/h3-18,21H,19-20H2,1-2H3,(H,37,38)/b35-18+. The van der Waals surface area contributed by atoms with Crippen LogP contribution in [-0.4, -0.2) is 24.2 Å². The Hall–Kier alpha value is -4.66. The third-order valence-corrected chi connectivity index (χ3v) is 7.27. The van der Waals surface area contributed by atoms with Gasteiger partial charge in [0, 0.05) is 27.1 Å². The van der Waals surface area contributed by atoms with Crippen molar-refractivity contribution in [3.8, 4) is 28.5 Å². The Morgan fingerprint density at radius 1 is 0.905 bits per heavy atom. The fourth-order valence-corrected chi connectivity index (χ4v) is 4.89. The van der Waals surface area contributed by atoms with Crippen LogP contribution in [0.2, 0.25) is 5.02 Å². The molecule has 0 aliphatic heterocycles. The largest absolute Gasteiger partial charge is 0.493 e. The predicted molar refractivity (Wildman–Crippen MR) is 167 cm³/mol. The van der Waals surface area contributed by atoms with Crippen LogP contribution in [-0.2, 0) is 13.2 Å². The molecular weight excluding hydrogens is 570 g/mol. The second-order valence-electron chi connectivity index (χ2n) is 9.26. The van der Waals surface area contributed by atoms with Crippen LogP contribution in [0.1, 0.15) is 32.1 Å². The summed E-state index contributed by atoms with van der Waals surface area (Å²) in [6.07, 6.45) is 1.51. The van der Waals surface area contributed by atoms with E-state index in [0.29, 0.717) is 40.0 Å². The zero-order valence-electron chi connectivity index (χ0n) is 23.0. The second kappa shape index (κ2) is 13.8. The van der Waals surface area contributed by atoms with E-state index in [-0.39, 0.29) is 12.5 Å². The summed E-state index contributed by atoms with van der Waals surface area (Å²) in [4.78, 5) is 17.1. The van der Waals surface area contributed by atoms with E-state index in [4.69, 9.17) is 25.8 Å². The van der Waals surface area contributed by atoms with Crippen LogP contribution >= 0.6 is 22.9 Å². The van der Waals surface area contributed by atoms with E-state index in [9.17, 15) is 4.79 Å². The Kier molecular flexibility index (Phi) is 9.48. The molecule has 212 valence electrons. The first-order chi connectivity index (χ1) is 20.5. The first-order valence-corrected chi connectivity index (χ1v) is 14.4. The van der Waals surface area contributed by atoms with Crippen molar-refractivity contribution < 1.29 is 19.0 Å². The molecule has 1 heterocycles. The molecule has 4 aromatic carbocycles. The van der Waals surface area contributed by atoms with Gasteiger partial charge < -0.3 is 14.2 Å². The molecule has 42 heavy (non-hydrogen) atoms. The lowest BCUT2D eigenvalue weighted by atomic mass is 10.1. The summed E-state index contributed by atoms with van der Waals surface area (Å²) in [6, 6.07) is 28.1. The summed E-state index contributed by atoms with van der Waals surface area (Å²) in [5.74, 6) is 1.48. The number of benzene rings is 4. The molecule has 1 N–H and O–H groups in total.